The molecular formula is C4H12N2S2. The lowest BCUT2D eigenvalue weighted by atomic mass is 10.1. The van der Waals surface area contributed by atoms with Crippen LogP contribution < -0.4 is 11.5 Å². The van der Waals surface area contributed by atoms with E-state index in [9.17, 15) is 0 Å². The first-order valence-corrected chi connectivity index (χ1v) is 3.17. The third kappa shape index (κ3) is 2.26. The molecule has 0 aliphatic rings. The van der Waals surface area contributed by atoms with Gasteiger partial charge in [-0.05, 0) is 13.8 Å². The van der Waals surface area contributed by atoms with Gasteiger partial charge >= 0.3 is 0 Å². The lowest BCUT2D eigenvalue weighted by Crippen LogP contribution is -2.55. The summed E-state index contributed by atoms with van der Waals surface area (Å²) < 4.78 is -0.896. The van der Waals surface area contributed by atoms with Crippen LogP contribution in [0.4, 0.5) is 0 Å². The highest BCUT2D eigenvalue weighted by atomic mass is 32.2. The Morgan fingerprint density at radius 2 is 1.25 bits per heavy atom. The molecule has 0 atom stereocenters. The van der Waals surface area contributed by atoms with Crippen molar-refractivity contribution in [3.05, 3.63) is 0 Å². The van der Waals surface area contributed by atoms with Crippen LogP contribution in [-0.4, -0.2) is 9.74 Å². The predicted molar refractivity (Wildman–Crippen MR) is 43.2 cm³/mol. The molecule has 0 spiro atoms. The van der Waals surface area contributed by atoms with Gasteiger partial charge in [0, 0.05) is 5.54 Å². The molecule has 0 aromatic heterocycles. The number of nitrogens with two attached hydrogens (primary N) is 2. The molecule has 0 radical (unpaired) electrons. The lowest BCUT2D eigenvalue weighted by Gasteiger charge is -2.32. The average Bonchev–Trinajstić information content (AvgIpc) is 1.25. The third-order valence-corrected chi connectivity index (χ3v) is 2.10. The van der Waals surface area contributed by atoms with Gasteiger partial charge < -0.3 is 11.5 Å². The van der Waals surface area contributed by atoms with Crippen LogP contribution in [0.5, 0.6) is 0 Å². The molecule has 4 N–H and O–H groups in total. The van der Waals surface area contributed by atoms with Gasteiger partial charge in [-0.3, -0.25) is 0 Å². The van der Waals surface area contributed by atoms with Gasteiger partial charge in [0.15, 0.2) is 0 Å². The molecule has 0 saturated heterocycles. The van der Waals surface area contributed by atoms with Crippen LogP contribution in [0.3, 0.4) is 0 Å². The lowest BCUT2D eigenvalue weighted by molar-refractivity contribution is 0.478. The predicted octanol–water partition coefficient (Wildman–Crippen LogP) is 0.196. The first kappa shape index (κ1) is 8.62. The fourth-order valence-corrected chi connectivity index (χ4v) is 0. The Morgan fingerprint density at radius 1 is 1.12 bits per heavy atom. The molecule has 0 aromatic rings. The van der Waals surface area contributed by atoms with Crippen molar-refractivity contribution >= 4 is 25.3 Å². The van der Waals surface area contributed by atoms with Crippen molar-refractivity contribution in [1.82, 2.24) is 0 Å². The van der Waals surface area contributed by atoms with E-state index in [1.54, 1.807) is 13.8 Å². The minimum absolute atomic E-state index is 0.556. The number of hydrogen-bond acceptors (Lipinski definition) is 4. The molecule has 0 aliphatic carbocycles. The summed E-state index contributed by atoms with van der Waals surface area (Å²) in [4.78, 5) is 0. The number of rotatable bonds is 1. The highest BCUT2D eigenvalue weighted by molar-refractivity contribution is 8.00. The summed E-state index contributed by atoms with van der Waals surface area (Å²) in [5.41, 5.74) is 10.4. The smallest absolute Gasteiger partial charge is 0.121 e. The fourth-order valence-electron chi connectivity index (χ4n) is 0. The minimum atomic E-state index is -0.896. The molecule has 4 heteroatoms. The number of thiol groups is 2. The normalized spacial score (nSPS) is 14.2. The van der Waals surface area contributed by atoms with Crippen molar-refractivity contribution in [3.8, 4) is 0 Å². The van der Waals surface area contributed by atoms with E-state index in [2.05, 4.69) is 25.3 Å². The summed E-state index contributed by atoms with van der Waals surface area (Å²) in [5.74, 6) is 0. The maximum Gasteiger partial charge on any atom is 0.121 e. The molecule has 2 nitrogen and oxygen atoms in total. The molecule has 8 heavy (non-hydrogen) atoms. The number of hydrogen-bond donors (Lipinski definition) is 4. The molecule has 0 heterocycles. The molecule has 0 aromatic carbocycles. The van der Waals surface area contributed by atoms with Crippen molar-refractivity contribution in [2.45, 2.75) is 23.6 Å². The fraction of sp³-hybridized carbons (Fsp3) is 1.00. The zero-order valence-corrected chi connectivity index (χ0v) is 6.84. The van der Waals surface area contributed by atoms with E-state index in [0.717, 1.165) is 0 Å². The molecule has 0 rings (SSSR count). The Balaban J connectivity index is 4.02. The zero-order valence-electron chi connectivity index (χ0n) is 5.05. The third-order valence-electron chi connectivity index (χ3n) is 0.948. The van der Waals surface area contributed by atoms with E-state index >= 15 is 0 Å². The topological polar surface area (TPSA) is 52.0 Å². The Morgan fingerprint density at radius 3 is 1.25 bits per heavy atom. The van der Waals surface area contributed by atoms with Crippen molar-refractivity contribution in [1.29, 1.82) is 0 Å². The van der Waals surface area contributed by atoms with Gasteiger partial charge in [0.1, 0.15) is 4.20 Å². The SMILES string of the molecule is CC(C)(N)C(N)(S)S. The molecule has 0 saturated carbocycles. The van der Waals surface area contributed by atoms with Crippen LogP contribution in [0.15, 0.2) is 0 Å². The van der Waals surface area contributed by atoms with E-state index in [1.807, 2.05) is 0 Å². The second-order valence-electron chi connectivity index (χ2n) is 2.45. The highest BCUT2D eigenvalue weighted by Gasteiger charge is 2.30. The molecule has 0 fully saturated rings. The summed E-state index contributed by atoms with van der Waals surface area (Å²) >= 11 is 7.90. The maximum atomic E-state index is 5.53. The van der Waals surface area contributed by atoms with Crippen LogP contribution in [0.1, 0.15) is 13.8 Å². The van der Waals surface area contributed by atoms with E-state index in [1.165, 1.54) is 0 Å². The summed E-state index contributed by atoms with van der Waals surface area (Å²) in [7, 11) is 0. The second-order valence-corrected chi connectivity index (χ2v) is 4.21. The molecule has 0 bridgehead atoms. The van der Waals surface area contributed by atoms with Crippen molar-refractivity contribution in [2.24, 2.45) is 11.5 Å². The summed E-state index contributed by atoms with van der Waals surface area (Å²) in [6.45, 7) is 3.54. The summed E-state index contributed by atoms with van der Waals surface area (Å²) in [5, 5.41) is 0. The Labute approximate surface area is 60.8 Å². The van der Waals surface area contributed by atoms with Crippen LogP contribution in [-0.2, 0) is 0 Å². The van der Waals surface area contributed by atoms with E-state index in [4.69, 9.17) is 11.5 Å². The van der Waals surface area contributed by atoms with E-state index in [0.29, 0.717) is 0 Å². The summed E-state index contributed by atoms with van der Waals surface area (Å²) in [6.07, 6.45) is 0. The van der Waals surface area contributed by atoms with Crippen molar-refractivity contribution in [2.75, 3.05) is 0 Å². The quantitative estimate of drug-likeness (QED) is 0.320. The zero-order chi connectivity index (χ0) is 7.00. The molecule has 50 valence electrons. The standard InChI is InChI=1S/C4H12N2S2/c1-3(2,5)4(6,7)8/h7-8H,5-6H2,1-2H3. The molecular weight excluding hydrogens is 140 g/mol. The first-order chi connectivity index (χ1) is 3.25. The maximum absolute atomic E-state index is 5.53. The highest BCUT2D eigenvalue weighted by Crippen LogP contribution is 2.23. The van der Waals surface area contributed by atoms with Crippen LogP contribution in [0, 0.1) is 0 Å². The van der Waals surface area contributed by atoms with Gasteiger partial charge in [0.2, 0.25) is 0 Å². The van der Waals surface area contributed by atoms with Crippen LogP contribution in [0.25, 0.3) is 0 Å². The van der Waals surface area contributed by atoms with Crippen molar-refractivity contribution < 1.29 is 0 Å². The average molecular weight is 152 g/mol. The van der Waals surface area contributed by atoms with Gasteiger partial charge in [-0.1, -0.05) is 0 Å². The minimum Gasteiger partial charge on any atom is -0.323 e. The van der Waals surface area contributed by atoms with Gasteiger partial charge in [-0.25, -0.2) is 0 Å². The summed E-state index contributed by atoms with van der Waals surface area (Å²) in [6, 6.07) is 0. The first-order valence-electron chi connectivity index (χ1n) is 2.27. The molecule has 0 amide bonds. The monoisotopic (exact) mass is 152 g/mol. The Kier molecular flexibility index (Phi) is 2.26. The van der Waals surface area contributed by atoms with Crippen LogP contribution in [0.2, 0.25) is 0 Å². The molecule has 0 aliphatic heterocycles. The van der Waals surface area contributed by atoms with E-state index in [-0.39, 0.29) is 0 Å². The Hall–Kier alpha value is 0.620. The van der Waals surface area contributed by atoms with Gasteiger partial charge in [-0.2, -0.15) is 0 Å². The van der Waals surface area contributed by atoms with Crippen molar-refractivity contribution in [3.63, 3.8) is 0 Å². The van der Waals surface area contributed by atoms with Gasteiger partial charge in [0.25, 0.3) is 0 Å². The largest absolute Gasteiger partial charge is 0.323 e. The molecule has 0 unspecified atom stereocenters. The van der Waals surface area contributed by atoms with Gasteiger partial charge in [0.05, 0.1) is 0 Å². The van der Waals surface area contributed by atoms with E-state index < -0.39 is 9.74 Å². The van der Waals surface area contributed by atoms with Crippen LogP contribution >= 0.6 is 25.3 Å². The van der Waals surface area contributed by atoms with Gasteiger partial charge in [-0.15, -0.1) is 25.3 Å². The Bertz CT molecular complexity index is 67.0. The second kappa shape index (κ2) is 2.10.